The quantitative estimate of drug-likeness (QED) is 0.125. The smallest absolute Gasteiger partial charge is 0.385 e. The second-order valence-electron chi connectivity index (χ2n) is 9.43. The van der Waals surface area contributed by atoms with Crippen molar-refractivity contribution < 1.29 is 137 Å². The molecule has 0 aromatic rings. The summed E-state index contributed by atoms with van der Waals surface area (Å²) in [6.07, 6.45) is -8.47. The molecular weight excluding hydrogens is 811 g/mol. The van der Waals surface area contributed by atoms with Gasteiger partial charge < -0.3 is 5.11 Å². The summed E-state index contributed by atoms with van der Waals surface area (Å²) in [5.74, 6) is -131. The van der Waals surface area contributed by atoms with Crippen LogP contribution in [-0.2, 0) is 4.79 Å². The fraction of sp³-hybridized carbons (Fsp3) is 0.842. The number of carboxylic acid groups (broad SMARTS) is 1. The van der Waals surface area contributed by atoms with Gasteiger partial charge in [0.1, 0.15) is 0 Å². The first kappa shape index (κ1) is 47.2. The molecule has 0 aromatic heterocycles. The lowest BCUT2D eigenvalue weighted by atomic mass is 9.83. The number of carboxylic acids is 1. The lowest BCUT2D eigenvalue weighted by Gasteiger charge is -2.46. The summed E-state index contributed by atoms with van der Waals surface area (Å²) in [6.45, 7) is -0.991. The third-order valence-corrected chi connectivity index (χ3v) is 6.11. The van der Waals surface area contributed by atoms with Gasteiger partial charge in [-0.05, 0) is 13.0 Å². The highest BCUT2D eigenvalue weighted by Gasteiger charge is 3.00. The first-order valence-corrected chi connectivity index (χ1v) is 11.0. The lowest BCUT2D eigenvalue weighted by Crippen LogP contribution is -2.79. The van der Waals surface area contributed by atoms with Crippen molar-refractivity contribution in [2.75, 3.05) is 0 Å². The monoisotopic (exact) mass is 818 g/mol. The topological polar surface area (TPSA) is 37.3 Å². The minimum absolute atomic E-state index is 0.991. The van der Waals surface area contributed by atoms with E-state index in [4.69, 9.17) is 5.11 Å². The molecule has 0 spiro atoms. The minimum atomic E-state index is -9.97. The largest absolute Gasteiger partial charge is 0.478 e. The second-order valence-corrected chi connectivity index (χ2v) is 9.43. The van der Waals surface area contributed by atoms with Gasteiger partial charge in [-0.15, -0.1) is 0 Å². The van der Waals surface area contributed by atoms with Gasteiger partial charge in [0.2, 0.25) is 0 Å². The maximum absolute atomic E-state index is 13.8. The van der Waals surface area contributed by atoms with Crippen LogP contribution in [0.3, 0.4) is 0 Å². The van der Waals surface area contributed by atoms with Crippen molar-refractivity contribution in [1.82, 2.24) is 0 Å². The molecule has 0 fully saturated rings. The van der Waals surface area contributed by atoms with E-state index in [0.29, 0.717) is 0 Å². The van der Waals surface area contributed by atoms with E-state index in [0.717, 1.165) is 0 Å². The zero-order chi connectivity index (χ0) is 41.6. The normalized spacial score (nSPS) is 17.4. The van der Waals surface area contributed by atoms with Gasteiger partial charge in [-0.3, -0.25) is 0 Å². The Morgan fingerprint density at radius 3 is 0.760 bits per heavy atom. The Bertz CT molecular complexity index is 1290. The summed E-state index contributed by atoms with van der Waals surface area (Å²) in [4.78, 5) is 10.0. The van der Waals surface area contributed by atoms with E-state index in [1.165, 1.54) is 0 Å². The number of aliphatic carboxylic acids is 1. The van der Waals surface area contributed by atoms with Crippen LogP contribution in [-0.4, -0.2) is 100 Å². The molecule has 1 N–H and O–H groups in total. The molecule has 31 heteroatoms. The van der Waals surface area contributed by atoms with E-state index in [9.17, 15) is 132 Å². The van der Waals surface area contributed by atoms with E-state index in [2.05, 4.69) is 0 Å². The predicted molar refractivity (Wildman–Crippen MR) is 96.6 cm³/mol. The zero-order valence-corrected chi connectivity index (χ0v) is 22.0. The van der Waals surface area contributed by atoms with Crippen LogP contribution in [0.5, 0.6) is 0 Å². The van der Waals surface area contributed by atoms with Gasteiger partial charge in [-0.25, -0.2) is 9.18 Å². The first-order chi connectivity index (χ1) is 21.1. The zero-order valence-electron chi connectivity index (χ0n) is 22.0. The van der Waals surface area contributed by atoms with Crippen molar-refractivity contribution >= 4 is 5.97 Å². The number of hydrogen-bond donors (Lipinski definition) is 1. The summed E-state index contributed by atoms with van der Waals surface area (Å²) in [7, 11) is 0. The van der Waals surface area contributed by atoms with Gasteiger partial charge in [0, 0.05) is 6.08 Å². The van der Waals surface area contributed by atoms with E-state index >= 15 is 0 Å². The molecule has 0 aliphatic rings. The molecule has 0 heterocycles. The van der Waals surface area contributed by atoms with Crippen molar-refractivity contribution in [2.24, 2.45) is 0 Å². The van der Waals surface area contributed by atoms with E-state index in [-0.39, 0.29) is 0 Å². The predicted octanol–water partition coefficient (Wildman–Crippen LogP) is 9.88. The van der Waals surface area contributed by atoms with Crippen LogP contribution in [0.2, 0.25) is 0 Å². The Kier molecular flexibility index (Phi) is 11.2. The standard InChI is InChI=1S/C19H7F29O2/c1-4(20)7(23,24)9(27,28)11(31,32)13(35,36)15(39,40)17(43,44)19(47,48)18(45,46)16(41,42)14(37,38)12(33,34)10(29,30)8(25,26)6(21,22)3-2-5(49)50/h2-4H,1H3,(H,49,50). The molecule has 0 aromatic carbocycles. The van der Waals surface area contributed by atoms with Crippen molar-refractivity contribution in [3.05, 3.63) is 12.2 Å². The molecule has 2 nitrogen and oxygen atoms in total. The van der Waals surface area contributed by atoms with Crippen molar-refractivity contribution in [2.45, 2.75) is 96.0 Å². The highest BCUT2D eigenvalue weighted by Crippen LogP contribution is 2.69. The number of halogens is 29. The molecule has 0 bridgehead atoms. The van der Waals surface area contributed by atoms with Gasteiger partial charge in [-0.1, -0.05) is 0 Å². The van der Waals surface area contributed by atoms with Crippen molar-refractivity contribution in [3.63, 3.8) is 0 Å². The number of hydrogen-bond acceptors (Lipinski definition) is 1. The molecule has 0 aliphatic carbocycles. The summed E-state index contributed by atoms with van der Waals surface area (Å²) in [5, 5.41) is 7.96. The van der Waals surface area contributed by atoms with Crippen LogP contribution >= 0.6 is 0 Å². The van der Waals surface area contributed by atoms with E-state index < -0.39 is 114 Å². The summed E-state index contributed by atoms with van der Waals surface area (Å²) in [6, 6.07) is 0. The maximum atomic E-state index is 13.8. The van der Waals surface area contributed by atoms with E-state index in [1.54, 1.807) is 0 Å². The Labute approximate surface area is 252 Å². The van der Waals surface area contributed by atoms with Gasteiger partial charge in [-0.2, -0.15) is 123 Å². The van der Waals surface area contributed by atoms with E-state index in [1.807, 2.05) is 0 Å². The summed E-state index contributed by atoms with van der Waals surface area (Å²) < 4.78 is 394. The van der Waals surface area contributed by atoms with Crippen LogP contribution in [0.4, 0.5) is 127 Å². The molecule has 1 unspecified atom stereocenters. The number of alkyl halides is 29. The van der Waals surface area contributed by atoms with Crippen molar-refractivity contribution in [3.8, 4) is 0 Å². The van der Waals surface area contributed by atoms with Gasteiger partial charge in [0.05, 0.1) is 0 Å². The highest BCUT2D eigenvalue weighted by atomic mass is 19.4. The average Bonchev–Trinajstić information content (AvgIpc) is 2.90. The highest BCUT2D eigenvalue weighted by molar-refractivity contribution is 5.79. The molecule has 0 aliphatic heterocycles. The molecule has 50 heavy (non-hydrogen) atoms. The van der Waals surface area contributed by atoms with Gasteiger partial charge in [0.15, 0.2) is 6.17 Å². The lowest BCUT2D eigenvalue weighted by molar-refractivity contribution is -0.484. The van der Waals surface area contributed by atoms with Crippen LogP contribution < -0.4 is 0 Å². The summed E-state index contributed by atoms with van der Waals surface area (Å²) >= 11 is 0. The maximum Gasteiger partial charge on any atom is 0.385 e. The van der Waals surface area contributed by atoms with Crippen molar-refractivity contribution in [1.29, 1.82) is 0 Å². The SMILES string of the molecule is CC(F)C(F)(F)C(F)(F)C(F)(F)C(F)(F)C(F)(F)C(F)(F)C(F)(F)C(F)(F)C(F)(F)C(F)(F)C(F)(F)C(F)(F)C(F)(F)C(F)(F)C=CC(=O)O. The third-order valence-electron chi connectivity index (χ3n) is 6.11. The number of rotatable bonds is 16. The average molecular weight is 818 g/mol. The Hall–Kier alpha value is -2.82. The van der Waals surface area contributed by atoms with Crippen LogP contribution in [0.1, 0.15) is 6.92 Å². The number of allylic oxidation sites excluding steroid dienone is 1. The van der Waals surface area contributed by atoms with Crippen LogP contribution in [0, 0.1) is 0 Å². The molecule has 0 amide bonds. The molecule has 298 valence electrons. The molecule has 0 radical (unpaired) electrons. The Morgan fingerprint density at radius 1 is 0.400 bits per heavy atom. The third kappa shape index (κ3) is 5.54. The Morgan fingerprint density at radius 2 is 0.580 bits per heavy atom. The minimum Gasteiger partial charge on any atom is -0.478 e. The molecule has 1 atom stereocenters. The Balaban J connectivity index is 7.62. The molecule has 0 saturated heterocycles. The molecular formula is C19H7F29O2. The number of carbonyl (C=O) groups is 1. The van der Waals surface area contributed by atoms with Gasteiger partial charge in [0.25, 0.3) is 0 Å². The second kappa shape index (κ2) is 11.9. The molecule has 0 saturated carbocycles. The fourth-order valence-corrected chi connectivity index (χ4v) is 2.92. The van der Waals surface area contributed by atoms with Crippen LogP contribution in [0.15, 0.2) is 12.2 Å². The summed E-state index contributed by atoms with van der Waals surface area (Å²) in [5.41, 5.74) is 0. The van der Waals surface area contributed by atoms with Gasteiger partial charge >= 0.3 is 88.9 Å². The van der Waals surface area contributed by atoms with Crippen LogP contribution in [0.25, 0.3) is 0 Å². The first-order valence-electron chi connectivity index (χ1n) is 11.0. The fourth-order valence-electron chi connectivity index (χ4n) is 2.92. The molecule has 0 rings (SSSR count).